The molecular formula is C28H57NO. The minimum atomic E-state index is 0.308. The topological polar surface area (TPSA) is 23.5 Å². The first-order valence-electron chi connectivity index (χ1n) is 13.8. The fourth-order valence-electron chi connectivity index (χ4n) is 4.18. The van der Waals surface area contributed by atoms with E-state index < -0.39 is 0 Å². The van der Waals surface area contributed by atoms with Crippen molar-refractivity contribution in [3.63, 3.8) is 0 Å². The van der Waals surface area contributed by atoms with Gasteiger partial charge < -0.3 is 10.0 Å². The van der Waals surface area contributed by atoms with Gasteiger partial charge in [-0.15, -0.1) is 0 Å². The number of nitrogens with zero attached hydrogens (tertiary/aromatic N) is 1. The van der Waals surface area contributed by atoms with Crippen molar-refractivity contribution in [2.45, 2.75) is 142 Å². The first kappa shape index (κ1) is 29.7. The summed E-state index contributed by atoms with van der Waals surface area (Å²) >= 11 is 0. The maximum absolute atomic E-state index is 9.30. The van der Waals surface area contributed by atoms with Gasteiger partial charge in [-0.1, -0.05) is 116 Å². The summed E-state index contributed by atoms with van der Waals surface area (Å²) in [5, 5.41) is 9.30. The van der Waals surface area contributed by atoms with Crippen LogP contribution in [0.4, 0.5) is 0 Å². The molecule has 0 bridgehead atoms. The molecule has 0 aliphatic rings. The van der Waals surface area contributed by atoms with E-state index >= 15 is 0 Å². The number of aliphatic hydroxyl groups excluding tert-OH is 1. The van der Waals surface area contributed by atoms with E-state index in [1.807, 2.05) is 0 Å². The quantitative estimate of drug-likeness (QED) is 0.117. The molecule has 0 radical (unpaired) electrons. The first-order chi connectivity index (χ1) is 14.8. The van der Waals surface area contributed by atoms with E-state index in [1.165, 1.54) is 142 Å². The molecule has 0 rings (SSSR count). The van der Waals surface area contributed by atoms with Crippen molar-refractivity contribution in [3.8, 4) is 0 Å². The second-order valence-electron chi connectivity index (χ2n) is 9.27. The van der Waals surface area contributed by atoms with Crippen molar-refractivity contribution in [2.24, 2.45) is 0 Å². The van der Waals surface area contributed by atoms with E-state index in [1.54, 1.807) is 0 Å². The second kappa shape index (κ2) is 26.7. The highest BCUT2D eigenvalue weighted by atomic mass is 16.3. The Balaban J connectivity index is 3.39. The lowest BCUT2D eigenvalue weighted by Gasteiger charge is -2.21. The molecule has 0 saturated heterocycles. The van der Waals surface area contributed by atoms with Crippen LogP contribution < -0.4 is 0 Å². The summed E-state index contributed by atoms with van der Waals surface area (Å²) in [4.78, 5) is 2.48. The fourth-order valence-corrected chi connectivity index (χ4v) is 4.18. The Morgan fingerprint density at radius 1 is 0.467 bits per heavy atom. The smallest absolute Gasteiger partial charge is 0.0558 e. The Bertz CT molecular complexity index is 329. The molecule has 0 amide bonds. The van der Waals surface area contributed by atoms with Gasteiger partial charge >= 0.3 is 0 Å². The van der Waals surface area contributed by atoms with E-state index in [0.717, 1.165) is 6.54 Å². The number of aliphatic hydroxyl groups is 1. The van der Waals surface area contributed by atoms with E-state index in [2.05, 4.69) is 30.9 Å². The highest BCUT2D eigenvalue weighted by molar-refractivity contribution is 4.81. The van der Waals surface area contributed by atoms with Gasteiger partial charge in [-0.25, -0.2) is 0 Å². The third-order valence-electron chi connectivity index (χ3n) is 6.23. The normalized spacial score (nSPS) is 11.9. The molecule has 0 aromatic carbocycles. The molecule has 30 heavy (non-hydrogen) atoms. The van der Waals surface area contributed by atoms with E-state index in [9.17, 15) is 5.11 Å². The molecule has 0 heterocycles. The van der Waals surface area contributed by atoms with Crippen molar-refractivity contribution in [1.82, 2.24) is 4.90 Å². The number of hydrogen-bond donors (Lipinski definition) is 1. The fraction of sp³-hybridized carbons (Fsp3) is 0.929. The van der Waals surface area contributed by atoms with E-state index in [0.29, 0.717) is 6.61 Å². The SMILES string of the molecule is CCCCCCCC/C=C\CCCCCCCCN(CCO)CCCCCCCC. The van der Waals surface area contributed by atoms with Crippen LogP contribution in [-0.2, 0) is 0 Å². The van der Waals surface area contributed by atoms with Crippen LogP contribution in [-0.4, -0.2) is 36.2 Å². The average molecular weight is 424 g/mol. The zero-order chi connectivity index (χ0) is 22.0. The zero-order valence-corrected chi connectivity index (χ0v) is 21.0. The summed E-state index contributed by atoms with van der Waals surface area (Å²) in [6.07, 6.45) is 32.1. The number of rotatable bonds is 25. The Hall–Kier alpha value is -0.340. The molecule has 0 fully saturated rings. The summed E-state index contributed by atoms with van der Waals surface area (Å²) in [7, 11) is 0. The van der Waals surface area contributed by atoms with Gasteiger partial charge in [0.25, 0.3) is 0 Å². The maximum Gasteiger partial charge on any atom is 0.0558 e. The monoisotopic (exact) mass is 423 g/mol. The standard InChI is InChI=1S/C28H57NO/c1-3-5-7-9-11-12-13-14-15-16-17-18-19-20-22-24-26-29(27-28-30)25-23-21-10-8-6-4-2/h14-15,30H,3-13,16-28H2,1-2H3/b15-14-. The van der Waals surface area contributed by atoms with Gasteiger partial charge in [0, 0.05) is 6.54 Å². The Morgan fingerprint density at radius 3 is 1.23 bits per heavy atom. The molecule has 0 saturated carbocycles. The Kier molecular flexibility index (Phi) is 26.4. The predicted octanol–water partition coefficient (Wildman–Crippen LogP) is 8.68. The molecule has 0 aliphatic carbocycles. The Morgan fingerprint density at radius 2 is 0.833 bits per heavy atom. The van der Waals surface area contributed by atoms with Crippen LogP contribution in [0.3, 0.4) is 0 Å². The van der Waals surface area contributed by atoms with Crippen molar-refractivity contribution >= 4 is 0 Å². The number of hydrogen-bond acceptors (Lipinski definition) is 2. The summed E-state index contributed by atoms with van der Waals surface area (Å²) in [6, 6.07) is 0. The minimum absolute atomic E-state index is 0.308. The highest BCUT2D eigenvalue weighted by Crippen LogP contribution is 2.11. The van der Waals surface area contributed by atoms with E-state index in [-0.39, 0.29) is 0 Å². The van der Waals surface area contributed by atoms with Gasteiger partial charge in [-0.05, 0) is 51.6 Å². The largest absolute Gasteiger partial charge is 0.395 e. The molecule has 0 aliphatic heterocycles. The van der Waals surface area contributed by atoms with Gasteiger partial charge in [0.15, 0.2) is 0 Å². The predicted molar refractivity (Wildman–Crippen MR) is 136 cm³/mol. The average Bonchev–Trinajstić information content (AvgIpc) is 2.75. The van der Waals surface area contributed by atoms with Gasteiger partial charge in [0.1, 0.15) is 0 Å². The van der Waals surface area contributed by atoms with Crippen LogP contribution in [0.15, 0.2) is 12.2 Å². The summed E-state index contributed by atoms with van der Waals surface area (Å²) in [5.41, 5.74) is 0. The van der Waals surface area contributed by atoms with Crippen molar-refractivity contribution < 1.29 is 5.11 Å². The molecule has 0 unspecified atom stereocenters. The molecule has 0 atom stereocenters. The number of unbranched alkanes of at least 4 members (excludes halogenated alkanes) is 17. The van der Waals surface area contributed by atoms with Crippen LogP contribution in [0.1, 0.15) is 142 Å². The molecule has 0 spiro atoms. The molecule has 1 N–H and O–H groups in total. The maximum atomic E-state index is 9.30. The van der Waals surface area contributed by atoms with Crippen LogP contribution in [0.25, 0.3) is 0 Å². The first-order valence-corrected chi connectivity index (χ1v) is 13.8. The van der Waals surface area contributed by atoms with Crippen molar-refractivity contribution in [3.05, 3.63) is 12.2 Å². The third kappa shape index (κ3) is 23.9. The summed E-state index contributed by atoms with van der Waals surface area (Å²) in [5.74, 6) is 0. The van der Waals surface area contributed by atoms with Gasteiger partial charge in [0.05, 0.1) is 6.61 Å². The molecule has 0 aromatic rings. The molecule has 0 aromatic heterocycles. The summed E-state index contributed by atoms with van der Waals surface area (Å²) in [6.45, 7) is 8.09. The minimum Gasteiger partial charge on any atom is -0.395 e. The lowest BCUT2D eigenvalue weighted by molar-refractivity contribution is 0.190. The molecule has 180 valence electrons. The molecule has 2 nitrogen and oxygen atoms in total. The molecule has 2 heteroatoms. The lowest BCUT2D eigenvalue weighted by Crippen LogP contribution is -2.29. The van der Waals surface area contributed by atoms with Crippen molar-refractivity contribution in [2.75, 3.05) is 26.2 Å². The zero-order valence-electron chi connectivity index (χ0n) is 21.0. The van der Waals surface area contributed by atoms with E-state index in [4.69, 9.17) is 0 Å². The van der Waals surface area contributed by atoms with Crippen LogP contribution >= 0.6 is 0 Å². The van der Waals surface area contributed by atoms with Crippen LogP contribution in [0.5, 0.6) is 0 Å². The van der Waals surface area contributed by atoms with Crippen LogP contribution in [0.2, 0.25) is 0 Å². The summed E-state index contributed by atoms with van der Waals surface area (Å²) < 4.78 is 0. The Labute approximate surface area is 190 Å². The van der Waals surface area contributed by atoms with Crippen LogP contribution in [0, 0.1) is 0 Å². The third-order valence-corrected chi connectivity index (χ3v) is 6.23. The highest BCUT2D eigenvalue weighted by Gasteiger charge is 2.03. The second-order valence-corrected chi connectivity index (χ2v) is 9.27. The van der Waals surface area contributed by atoms with Gasteiger partial charge in [-0.2, -0.15) is 0 Å². The number of allylic oxidation sites excluding steroid dienone is 2. The van der Waals surface area contributed by atoms with Gasteiger partial charge in [-0.3, -0.25) is 0 Å². The van der Waals surface area contributed by atoms with Crippen molar-refractivity contribution in [1.29, 1.82) is 0 Å². The van der Waals surface area contributed by atoms with Gasteiger partial charge in [0.2, 0.25) is 0 Å². The lowest BCUT2D eigenvalue weighted by atomic mass is 10.1. The molecular weight excluding hydrogens is 366 g/mol.